The molecule has 3 aromatic rings. The third-order valence-electron chi connectivity index (χ3n) is 6.32. The van der Waals surface area contributed by atoms with Gasteiger partial charge in [-0.15, -0.1) is 0 Å². The van der Waals surface area contributed by atoms with Crippen molar-refractivity contribution in [2.75, 3.05) is 11.9 Å². The summed E-state index contributed by atoms with van der Waals surface area (Å²) in [6.45, 7) is 3.51. The predicted molar refractivity (Wildman–Crippen MR) is 145 cm³/mol. The van der Waals surface area contributed by atoms with Gasteiger partial charge in [0.2, 0.25) is 0 Å². The quantitative estimate of drug-likeness (QED) is 0.298. The van der Waals surface area contributed by atoms with E-state index in [2.05, 4.69) is 20.8 Å². The lowest BCUT2D eigenvalue weighted by Gasteiger charge is -2.14. The fourth-order valence-electron chi connectivity index (χ4n) is 4.44. The average Bonchev–Trinajstić information content (AvgIpc) is 3.60. The van der Waals surface area contributed by atoms with Crippen molar-refractivity contribution in [3.8, 4) is 17.6 Å². The second kappa shape index (κ2) is 13.3. The van der Waals surface area contributed by atoms with Crippen molar-refractivity contribution >= 4 is 24.1 Å². The number of anilines is 1. The molecule has 2 aromatic carbocycles. The normalized spacial score (nSPS) is 16.1. The van der Waals surface area contributed by atoms with E-state index in [9.17, 15) is 19.6 Å². The Bertz CT molecular complexity index is 1380. The van der Waals surface area contributed by atoms with Crippen LogP contribution in [0.15, 0.2) is 48.5 Å². The summed E-state index contributed by atoms with van der Waals surface area (Å²) in [6.07, 6.45) is 2.17. The zero-order chi connectivity index (χ0) is 28.5. The summed E-state index contributed by atoms with van der Waals surface area (Å²) in [4.78, 5) is 36.3. The molecule has 0 spiro atoms. The molecule has 0 saturated heterocycles. The highest BCUT2D eigenvalue weighted by molar-refractivity contribution is 5.91. The maximum absolute atomic E-state index is 12.6. The number of carbonyl (C=O) groups excluding carboxylic acids is 3. The second-order valence-electron chi connectivity index (χ2n) is 9.77. The van der Waals surface area contributed by atoms with Crippen LogP contribution in [0.25, 0.3) is 0 Å². The molecule has 11 heteroatoms. The first-order valence-electron chi connectivity index (χ1n) is 13.0. The Morgan fingerprint density at radius 1 is 1.15 bits per heavy atom. The SMILES string of the molecule is CC(C)NC(=O)O[C@@H]1CC[C@H](c2cc(NC(=O)COc3cc(C#N)cc(OCc4ccccc4)c3C=O)n[nH]2)C1. The maximum Gasteiger partial charge on any atom is 0.407 e. The van der Waals surface area contributed by atoms with E-state index in [4.69, 9.17) is 14.2 Å². The van der Waals surface area contributed by atoms with Gasteiger partial charge in [0, 0.05) is 23.7 Å². The number of rotatable bonds is 11. The number of amides is 2. The fourth-order valence-corrected chi connectivity index (χ4v) is 4.44. The molecule has 1 aliphatic carbocycles. The third kappa shape index (κ3) is 7.60. The molecular weight excluding hydrogens is 514 g/mol. The molecule has 1 saturated carbocycles. The lowest BCUT2D eigenvalue weighted by atomic mass is 10.0. The van der Waals surface area contributed by atoms with Gasteiger partial charge in [-0.3, -0.25) is 14.7 Å². The zero-order valence-corrected chi connectivity index (χ0v) is 22.3. The van der Waals surface area contributed by atoms with Gasteiger partial charge < -0.3 is 24.8 Å². The Labute approximate surface area is 231 Å². The van der Waals surface area contributed by atoms with Crippen LogP contribution in [0, 0.1) is 11.3 Å². The minimum atomic E-state index is -0.498. The summed E-state index contributed by atoms with van der Waals surface area (Å²) in [5.41, 5.74) is 2.04. The van der Waals surface area contributed by atoms with E-state index in [0.717, 1.165) is 24.1 Å². The minimum absolute atomic E-state index is 0.00259. The van der Waals surface area contributed by atoms with E-state index >= 15 is 0 Å². The largest absolute Gasteiger partial charge is 0.488 e. The molecule has 4 rings (SSSR count). The topological polar surface area (TPSA) is 155 Å². The van der Waals surface area contributed by atoms with Crippen molar-refractivity contribution < 1.29 is 28.6 Å². The van der Waals surface area contributed by atoms with E-state index in [1.165, 1.54) is 12.1 Å². The number of carbonyl (C=O) groups is 3. The highest BCUT2D eigenvalue weighted by Gasteiger charge is 2.30. The Hall–Kier alpha value is -4.85. The average molecular weight is 546 g/mol. The van der Waals surface area contributed by atoms with Gasteiger partial charge in [0.1, 0.15) is 24.2 Å². The molecule has 2 atom stereocenters. The Morgan fingerprint density at radius 2 is 1.90 bits per heavy atom. The molecule has 2 amide bonds. The molecule has 0 unspecified atom stereocenters. The van der Waals surface area contributed by atoms with E-state index in [-0.39, 0.29) is 47.3 Å². The summed E-state index contributed by atoms with van der Waals surface area (Å²) in [7, 11) is 0. The van der Waals surface area contributed by atoms with Crippen LogP contribution in [0.4, 0.5) is 10.6 Å². The van der Waals surface area contributed by atoms with Gasteiger partial charge in [-0.1, -0.05) is 30.3 Å². The van der Waals surface area contributed by atoms with E-state index < -0.39 is 18.6 Å². The first-order valence-corrected chi connectivity index (χ1v) is 13.0. The Morgan fingerprint density at radius 3 is 2.60 bits per heavy atom. The number of H-pyrrole nitrogens is 1. The molecule has 40 heavy (non-hydrogen) atoms. The van der Waals surface area contributed by atoms with E-state index in [0.29, 0.717) is 18.5 Å². The number of aromatic nitrogens is 2. The molecule has 3 N–H and O–H groups in total. The molecule has 0 aliphatic heterocycles. The lowest BCUT2D eigenvalue weighted by molar-refractivity contribution is -0.118. The number of alkyl carbamates (subject to hydrolysis) is 1. The van der Waals surface area contributed by atoms with Crippen LogP contribution in [0.1, 0.15) is 66.2 Å². The van der Waals surface area contributed by atoms with Crippen molar-refractivity contribution in [1.82, 2.24) is 15.5 Å². The molecular formula is C29H31N5O6. The van der Waals surface area contributed by atoms with Crippen molar-refractivity contribution in [3.63, 3.8) is 0 Å². The molecule has 208 valence electrons. The number of nitrogens with one attached hydrogen (secondary N) is 3. The van der Waals surface area contributed by atoms with Gasteiger partial charge in [0.15, 0.2) is 18.7 Å². The number of aldehydes is 1. The van der Waals surface area contributed by atoms with Gasteiger partial charge in [0.25, 0.3) is 5.91 Å². The summed E-state index contributed by atoms with van der Waals surface area (Å²) < 4.78 is 16.9. The van der Waals surface area contributed by atoms with Crippen LogP contribution in [0.5, 0.6) is 11.5 Å². The first kappa shape index (κ1) is 28.2. The van der Waals surface area contributed by atoms with Crippen LogP contribution in [0.2, 0.25) is 0 Å². The molecule has 1 heterocycles. The Kier molecular flexibility index (Phi) is 9.35. The lowest BCUT2D eigenvalue weighted by Crippen LogP contribution is -2.33. The summed E-state index contributed by atoms with van der Waals surface area (Å²) >= 11 is 0. The smallest absolute Gasteiger partial charge is 0.407 e. The maximum atomic E-state index is 12.6. The first-order chi connectivity index (χ1) is 19.3. The minimum Gasteiger partial charge on any atom is -0.488 e. The van der Waals surface area contributed by atoms with Gasteiger partial charge in [-0.2, -0.15) is 10.4 Å². The highest BCUT2D eigenvalue weighted by atomic mass is 16.6. The molecule has 0 bridgehead atoms. The highest BCUT2D eigenvalue weighted by Crippen LogP contribution is 2.36. The number of aromatic amines is 1. The van der Waals surface area contributed by atoms with Crippen LogP contribution in [0.3, 0.4) is 0 Å². The Balaban J connectivity index is 1.33. The van der Waals surface area contributed by atoms with Crippen LogP contribution in [-0.4, -0.2) is 47.2 Å². The van der Waals surface area contributed by atoms with Crippen LogP contribution < -0.4 is 20.1 Å². The fraction of sp³-hybridized carbons (Fsp3) is 0.345. The number of nitrogens with zero attached hydrogens (tertiary/aromatic N) is 2. The van der Waals surface area contributed by atoms with Crippen LogP contribution in [-0.2, 0) is 16.1 Å². The molecule has 0 radical (unpaired) electrons. The molecule has 1 aromatic heterocycles. The monoisotopic (exact) mass is 545 g/mol. The van der Waals surface area contributed by atoms with Gasteiger partial charge in [-0.25, -0.2) is 4.79 Å². The van der Waals surface area contributed by atoms with Crippen LogP contribution >= 0.6 is 0 Å². The van der Waals surface area contributed by atoms with Crippen molar-refractivity contribution in [2.24, 2.45) is 0 Å². The number of nitriles is 1. The van der Waals surface area contributed by atoms with Crippen molar-refractivity contribution in [1.29, 1.82) is 5.26 Å². The van der Waals surface area contributed by atoms with E-state index in [1.54, 1.807) is 6.07 Å². The molecule has 11 nitrogen and oxygen atoms in total. The number of hydrogen-bond donors (Lipinski definition) is 3. The van der Waals surface area contributed by atoms with E-state index in [1.807, 2.05) is 50.2 Å². The number of ether oxygens (including phenoxy) is 3. The number of hydrogen-bond acceptors (Lipinski definition) is 8. The summed E-state index contributed by atoms with van der Waals surface area (Å²) in [6, 6.07) is 16.0. The van der Waals surface area contributed by atoms with Crippen molar-refractivity contribution in [3.05, 3.63) is 70.9 Å². The predicted octanol–water partition coefficient (Wildman–Crippen LogP) is 4.46. The van der Waals surface area contributed by atoms with Crippen molar-refractivity contribution in [2.45, 2.75) is 57.8 Å². The zero-order valence-electron chi connectivity index (χ0n) is 22.3. The van der Waals surface area contributed by atoms with Gasteiger partial charge >= 0.3 is 6.09 Å². The third-order valence-corrected chi connectivity index (χ3v) is 6.32. The number of benzene rings is 2. The molecule has 1 fully saturated rings. The van der Waals surface area contributed by atoms with Gasteiger partial charge in [-0.05, 0) is 50.8 Å². The summed E-state index contributed by atoms with van der Waals surface area (Å²) in [5.74, 6) is 0.185. The second-order valence-corrected chi connectivity index (χ2v) is 9.77. The standard InChI is InChI=1S/C29H31N5O6/c1-18(2)31-29(37)40-22-9-8-21(12-22)24-13-27(34-33-24)32-28(36)17-39-26-11-20(14-30)10-25(23(26)15-35)38-16-19-6-4-3-5-7-19/h3-7,10-11,13,15,18,21-22H,8-9,12,16-17H2,1-2H3,(H,31,37)(H2,32,33,34,36)/t21-,22+/m0/s1. The summed E-state index contributed by atoms with van der Waals surface area (Å²) in [5, 5.41) is 21.9. The molecule has 1 aliphatic rings. The van der Waals surface area contributed by atoms with Gasteiger partial charge in [0.05, 0.1) is 17.2 Å².